The first-order chi connectivity index (χ1) is 32.2. The number of hydrogen-bond acceptors (Lipinski definition) is 10. The summed E-state index contributed by atoms with van der Waals surface area (Å²) < 4.78 is 39.2. The van der Waals surface area contributed by atoms with Gasteiger partial charge >= 0.3 is 25.7 Å². The molecule has 0 spiro atoms. The van der Waals surface area contributed by atoms with E-state index < -0.39 is 57.8 Å². The molecule has 0 aliphatic heterocycles. The van der Waals surface area contributed by atoms with Crippen LogP contribution in [-0.4, -0.2) is 66.5 Å². The van der Waals surface area contributed by atoms with Crippen molar-refractivity contribution in [1.82, 2.24) is 0 Å². The van der Waals surface area contributed by atoms with E-state index in [1.807, 2.05) is 12.2 Å². The average molecular weight is 951 g/mol. The molecular formula is C54H95O11P. The summed E-state index contributed by atoms with van der Waals surface area (Å²) in [5.41, 5.74) is 0. The van der Waals surface area contributed by atoms with Crippen LogP contribution in [0.3, 0.4) is 0 Å². The summed E-state index contributed by atoms with van der Waals surface area (Å²) in [6.07, 6.45) is 50.6. The standard InChI is InChI=1S/C54H95O11P/c1-4-7-10-13-16-19-22-25-28-31-34-37-40-43-52(56)61-47-51(65-54(58)45-42-39-36-33-30-27-24-21-18-15-12-9-6-3)49-63-66(59,60)62-48-50(46-55)64-53(57)44-41-38-35-32-29-26-23-20-17-14-11-8-5-2/h9,12,18-19,21-22,27,30,36,39,50-51,55H,4-8,10-11,13-17,20,23-26,28-29,31-35,37-38,40-49H2,1-3H3,(H,59,60)/b12-9-,21-18-,22-19-,30-27-,39-36-. The smallest absolute Gasteiger partial charge is 0.462 e. The molecule has 0 aliphatic carbocycles. The fourth-order valence-electron chi connectivity index (χ4n) is 6.95. The zero-order chi connectivity index (χ0) is 48.4. The molecular weight excluding hydrogens is 856 g/mol. The van der Waals surface area contributed by atoms with E-state index in [2.05, 4.69) is 69.4 Å². The largest absolute Gasteiger partial charge is 0.472 e. The minimum absolute atomic E-state index is 0.0452. The lowest BCUT2D eigenvalue weighted by atomic mass is 10.0. The number of esters is 3. The van der Waals surface area contributed by atoms with Gasteiger partial charge in [-0.15, -0.1) is 0 Å². The second kappa shape index (κ2) is 48.6. The van der Waals surface area contributed by atoms with Crippen LogP contribution in [-0.2, 0) is 42.2 Å². The number of hydrogen-bond donors (Lipinski definition) is 2. The second-order valence-corrected chi connectivity index (χ2v) is 18.8. The zero-order valence-electron chi connectivity index (χ0n) is 41.9. The Morgan fingerprint density at radius 1 is 0.439 bits per heavy atom. The van der Waals surface area contributed by atoms with Gasteiger partial charge < -0.3 is 24.2 Å². The molecule has 0 aromatic carbocycles. The topological polar surface area (TPSA) is 155 Å². The maximum absolute atomic E-state index is 12.8. The molecule has 2 N–H and O–H groups in total. The number of aliphatic hydroxyl groups excluding tert-OH is 1. The van der Waals surface area contributed by atoms with Gasteiger partial charge in [-0.25, -0.2) is 4.57 Å². The van der Waals surface area contributed by atoms with E-state index in [-0.39, 0.29) is 25.9 Å². The third kappa shape index (κ3) is 46.3. The Morgan fingerprint density at radius 3 is 1.32 bits per heavy atom. The normalized spacial score (nSPS) is 14.0. The number of ether oxygens (including phenoxy) is 3. The molecule has 0 bridgehead atoms. The van der Waals surface area contributed by atoms with Crippen molar-refractivity contribution in [3.05, 3.63) is 60.8 Å². The lowest BCUT2D eigenvalue weighted by Gasteiger charge is -2.21. The van der Waals surface area contributed by atoms with E-state index in [0.717, 1.165) is 83.5 Å². The Labute approximate surface area is 402 Å². The fraction of sp³-hybridized carbons (Fsp3) is 0.759. The van der Waals surface area contributed by atoms with Gasteiger partial charge in [-0.3, -0.25) is 23.4 Å². The number of aliphatic hydroxyl groups is 1. The summed E-state index contributed by atoms with van der Waals surface area (Å²) in [6.45, 7) is 4.41. The maximum atomic E-state index is 12.8. The van der Waals surface area contributed by atoms with Crippen molar-refractivity contribution in [3.63, 3.8) is 0 Å². The quantitative estimate of drug-likeness (QED) is 0.0197. The fourth-order valence-corrected chi connectivity index (χ4v) is 7.74. The summed E-state index contributed by atoms with van der Waals surface area (Å²) in [5, 5.41) is 9.77. The molecule has 0 radical (unpaired) electrons. The summed E-state index contributed by atoms with van der Waals surface area (Å²) in [6, 6.07) is 0. The van der Waals surface area contributed by atoms with Crippen LogP contribution in [0.4, 0.5) is 0 Å². The van der Waals surface area contributed by atoms with Gasteiger partial charge in [0, 0.05) is 19.3 Å². The van der Waals surface area contributed by atoms with Crippen LogP contribution in [0.5, 0.6) is 0 Å². The van der Waals surface area contributed by atoms with E-state index in [1.165, 1.54) is 83.5 Å². The Morgan fingerprint density at radius 2 is 0.818 bits per heavy atom. The Kier molecular flexibility index (Phi) is 46.6. The van der Waals surface area contributed by atoms with Gasteiger partial charge in [-0.1, -0.05) is 197 Å². The van der Waals surface area contributed by atoms with Crippen molar-refractivity contribution in [2.75, 3.05) is 26.4 Å². The second-order valence-electron chi connectivity index (χ2n) is 17.3. The molecule has 0 fully saturated rings. The molecule has 0 heterocycles. The summed E-state index contributed by atoms with van der Waals surface area (Å²) in [5.74, 6) is -1.57. The van der Waals surface area contributed by atoms with Gasteiger partial charge in [0.05, 0.1) is 19.8 Å². The van der Waals surface area contributed by atoms with E-state index in [9.17, 15) is 28.9 Å². The lowest BCUT2D eigenvalue weighted by Crippen LogP contribution is -2.30. The third-order valence-corrected chi connectivity index (χ3v) is 11.9. The van der Waals surface area contributed by atoms with Crippen molar-refractivity contribution >= 4 is 25.7 Å². The number of carbonyl (C=O) groups excluding carboxylic acids is 3. The summed E-state index contributed by atoms with van der Waals surface area (Å²) in [7, 11) is -4.76. The molecule has 3 unspecified atom stereocenters. The number of rotatable bonds is 48. The third-order valence-electron chi connectivity index (χ3n) is 10.9. The van der Waals surface area contributed by atoms with Crippen LogP contribution in [0.1, 0.15) is 226 Å². The van der Waals surface area contributed by atoms with E-state index in [4.69, 9.17) is 23.3 Å². The predicted molar refractivity (Wildman–Crippen MR) is 270 cm³/mol. The highest BCUT2D eigenvalue weighted by Crippen LogP contribution is 2.43. The van der Waals surface area contributed by atoms with Crippen LogP contribution in [0.25, 0.3) is 0 Å². The maximum Gasteiger partial charge on any atom is 0.472 e. The van der Waals surface area contributed by atoms with Gasteiger partial charge in [0.2, 0.25) is 0 Å². The Bertz CT molecular complexity index is 1340. The highest BCUT2D eigenvalue weighted by Gasteiger charge is 2.28. The molecule has 0 saturated heterocycles. The zero-order valence-corrected chi connectivity index (χ0v) is 42.8. The lowest BCUT2D eigenvalue weighted by molar-refractivity contribution is -0.161. The number of allylic oxidation sites excluding steroid dienone is 10. The van der Waals surface area contributed by atoms with Crippen molar-refractivity contribution in [3.8, 4) is 0 Å². The van der Waals surface area contributed by atoms with Crippen LogP contribution >= 0.6 is 7.82 Å². The SMILES string of the molecule is CC/C=C\C/C=C\C/C=C\C/C=C\CCC(=O)OC(COC(=O)CCCCCCC/C=C\CCCCCC)COP(=O)(O)OCC(CO)OC(=O)CCCCCCCCCCCCCCC. The van der Waals surface area contributed by atoms with Crippen LogP contribution in [0.2, 0.25) is 0 Å². The van der Waals surface area contributed by atoms with Gasteiger partial charge in [-0.05, 0) is 70.6 Å². The van der Waals surface area contributed by atoms with Crippen LogP contribution < -0.4 is 0 Å². The van der Waals surface area contributed by atoms with Gasteiger partial charge in [0.25, 0.3) is 0 Å². The average Bonchev–Trinajstić information content (AvgIpc) is 3.30. The van der Waals surface area contributed by atoms with Gasteiger partial charge in [-0.2, -0.15) is 0 Å². The van der Waals surface area contributed by atoms with Crippen molar-refractivity contribution in [2.45, 2.75) is 238 Å². The van der Waals surface area contributed by atoms with Crippen molar-refractivity contribution in [2.24, 2.45) is 0 Å². The molecule has 0 saturated carbocycles. The first kappa shape index (κ1) is 63.2. The van der Waals surface area contributed by atoms with Crippen molar-refractivity contribution in [1.29, 1.82) is 0 Å². The Hall–Kier alpha value is -2.82. The van der Waals surface area contributed by atoms with Crippen molar-refractivity contribution < 1.29 is 52.2 Å². The highest BCUT2D eigenvalue weighted by molar-refractivity contribution is 7.47. The molecule has 66 heavy (non-hydrogen) atoms. The van der Waals surface area contributed by atoms with E-state index in [0.29, 0.717) is 19.3 Å². The molecule has 382 valence electrons. The minimum atomic E-state index is -4.76. The van der Waals surface area contributed by atoms with E-state index >= 15 is 0 Å². The number of phosphoric ester groups is 1. The summed E-state index contributed by atoms with van der Waals surface area (Å²) >= 11 is 0. The molecule has 0 rings (SSSR count). The minimum Gasteiger partial charge on any atom is -0.462 e. The number of carbonyl (C=O) groups is 3. The number of phosphoric acid groups is 1. The van der Waals surface area contributed by atoms with Crippen LogP contribution in [0.15, 0.2) is 60.8 Å². The molecule has 0 aliphatic rings. The highest BCUT2D eigenvalue weighted by atomic mass is 31.2. The van der Waals surface area contributed by atoms with E-state index in [1.54, 1.807) is 0 Å². The predicted octanol–water partition coefficient (Wildman–Crippen LogP) is 14.8. The summed E-state index contributed by atoms with van der Waals surface area (Å²) in [4.78, 5) is 48.2. The molecule has 12 heteroatoms. The first-order valence-corrected chi connectivity index (χ1v) is 27.7. The van der Waals surface area contributed by atoms with Gasteiger partial charge in [0.1, 0.15) is 12.7 Å². The molecule has 3 atom stereocenters. The molecule has 0 aromatic rings. The Balaban J connectivity index is 4.81. The number of unbranched alkanes of at least 4 members (excludes halogenated alkanes) is 21. The van der Waals surface area contributed by atoms with Gasteiger partial charge in [0.15, 0.2) is 6.10 Å². The molecule has 0 aromatic heterocycles. The molecule has 11 nitrogen and oxygen atoms in total. The van der Waals surface area contributed by atoms with Crippen LogP contribution in [0, 0.1) is 0 Å². The monoisotopic (exact) mass is 951 g/mol. The molecule has 0 amide bonds. The first-order valence-electron chi connectivity index (χ1n) is 26.2.